The number of nitrogens with one attached hydrogen (secondary N) is 1. The number of nitrogens with zero attached hydrogens (tertiary/aromatic N) is 1. The highest BCUT2D eigenvalue weighted by Crippen LogP contribution is 2.35. The maximum atomic E-state index is 12.7. The Morgan fingerprint density at radius 1 is 1.26 bits per heavy atom. The van der Waals surface area contributed by atoms with E-state index in [2.05, 4.69) is 30.3 Å². The van der Waals surface area contributed by atoms with Gasteiger partial charge in [0.25, 0.3) is 0 Å². The van der Waals surface area contributed by atoms with Crippen molar-refractivity contribution in [2.24, 2.45) is 0 Å². The van der Waals surface area contributed by atoms with E-state index >= 15 is 0 Å². The van der Waals surface area contributed by atoms with Crippen molar-refractivity contribution in [1.29, 1.82) is 0 Å². The van der Waals surface area contributed by atoms with Crippen LogP contribution in [-0.4, -0.2) is 40.6 Å². The molecule has 2 aliphatic rings. The predicted molar refractivity (Wildman–Crippen MR) is 82.3 cm³/mol. The molecule has 4 atom stereocenters. The fourth-order valence-corrected chi connectivity index (χ4v) is 4.59. The second kappa shape index (κ2) is 6.98. The van der Waals surface area contributed by atoms with E-state index in [1.807, 2.05) is 11.8 Å². The average Bonchev–Trinajstić information content (AvgIpc) is 2.96. The van der Waals surface area contributed by atoms with Crippen LogP contribution in [-0.2, 0) is 4.79 Å². The number of carbonyl (C=O) groups excluding carboxylic acids is 1. The van der Waals surface area contributed by atoms with E-state index in [0.717, 1.165) is 25.7 Å². The summed E-state index contributed by atoms with van der Waals surface area (Å²) in [4.78, 5) is 14.9. The van der Waals surface area contributed by atoms with Gasteiger partial charge in [0.15, 0.2) is 0 Å². The Bertz CT molecular complexity index is 311. The predicted octanol–water partition coefficient (Wildman–Crippen LogP) is 3.00. The second-order valence-corrected chi connectivity index (χ2v) is 6.91. The van der Waals surface area contributed by atoms with Crippen LogP contribution in [0.2, 0.25) is 0 Å². The van der Waals surface area contributed by atoms with Gasteiger partial charge in [0.1, 0.15) is 0 Å². The molecule has 3 nitrogen and oxygen atoms in total. The molecule has 2 rings (SSSR count). The van der Waals surface area contributed by atoms with Gasteiger partial charge in [-0.15, -0.1) is 0 Å². The number of hydrogen-bond donors (Lipinski definition) is 1. The molecule has 1 heterocycles. The van der Waals surface area contributed by atoms with Crippen LogP contribution < -0.4 is 5.32 Å². The van der Waals surface area contributed by atoms with Crippen molar-refractivity contribution in [1.82, 2.24) is 10.2 Å². The van der Waals surface area contributed by atoms with Crippen molar-refractivity contribution in [3.05, 3.63) is 0 Å². The van der Waals surface area contributed by atoms with Crippen molar-refractivity contribution in [3.8, 4) is 0 Å². The maximum absolute atomic E-state index is 12.7. The highest BCUT2D eigenvalue weighted by molar-refractivity contribution is 7.99. The topological polar surface area (TPSA) is 32.3 Å². The molecule has 4 unspecified atom stereocenters. The first kappa shape index (κ1) is 15.2. The molecule has 19 heavy (non-hydrogen) atoms. The SMILES string of the molecule is CCCC1NC(CCC)N(C2CCCC2SC)C1=O. The summed E-state index contributed by atoms with van der Waals surface area (Å²) in [5.74, 6) is 0.367. The van der Waals surface area contributed by atoms with Gasteiger partial charge in [0.05, 0.1) is 12.2 Å². The Balaban J connectivity index is 2.12. The van der Waals surface area contributed by atoms with E-state index in [4.69, 9.17) is 0 Å². The zero-order chi connectivity index (χ0) is 13.8. The largest absolute Gasteiger partial charge is 0.322 e. The quantitative estimate of drug-likeness (QED) is 0.814. The van der Waals surface area contributed by atoms with Gasteiger partial charge in [-0.3, -0.25) is 10.1 Å². The van der Waals surface area contributed by atoms with Crippen molar-refractivity contribution in [2.45, 2.75) is 82.3 Å². The first-order valence-corrected chi connectivity index (χ1v) is 9.12. The molecule has 0 aromatic heterocycles. The van der Waals surface area contributed by atoms with Crippen LogP contribution >= 0.6 is 11.8 Å². The lowest BCUT2D eigenvalue weighted by Crippen LogP contribution is -2.47. The molecule has 1 aliphatic carbocycles. The van der Waals surface area contributed by atoms with Gasteiger partial charge >= 0.3 is 0 Å². The van der Waals surface area contributed by atoms with Crippen LogP contribution in [0.1, 0.15) is 58.8 Å². The first-order chi connectivity index (χ1) is 9.22. The Hall–Kier alpha value is -0.220. The molecule has 1 amide bonds. The van der Waals surface area contributed by atoms with E-state index in [0.29, 0.717) is 17.2 Å². The van der Waals surface area contributed by atoms with Crippen LogP contribution in [0.5, 0.6) is 0 Å². The minimum absolute atomic E-state index is 0.0738. The van der Waals surface area contributed by atoms with Crippen molar-refractivity contribution in [2.75, 3.05) is 6.26 Å². The molecule has 4 heteroatoms. The summed E-state index contributed by atoms with van der Waals surface area (Å²) in [5, 5.41) is 4.23. The molecule has 0 spiro atoms. The van der Waals surface area contributed by atoms with Crippen LogP contribution in [0.4, 0.5) is 0 Å². The Labute approximate surface area is 121 Å². The van der Waals surface area contributed by atoms with E-state index in [1.165, 1.54) is 19.3 Å². The van der Waals surface area contributed by atoms with E-state index < -0.39 is 0 Å². The fourth-order valence-electron chi connectivity index (χ4n) is 3.60. The Morgan fingerprint density at radius 2 is 2.00 bits per heavy atom. The van der Waals surface area contributed by atoms with E-state index in [9.17, 15) is 4.79 Å². The lowest BCUT2D eigenvalue weighted by atomic mass is 10.1. The molecule has 110 valence electrons. The summed E-state index contributed by atoms with van der Waals surface area (Å²) in [6, 6.07) is 0.540. The number of rotatable bonds is 6. The number of thioether (sulfide) groups is 1. The summed E-state index contributed by atoms with van der Waals surface area (Å²) in [6.45, 7) is 4.37. The molecule has 0 aromatic rings. The molecule has 1 aliphatic heterocycles. The molecule has 0 bridgehead atoms. The highest BCUT2D eigenvalue weighted by atomic mass is 32.2. The second-order valence-electron chi connectivity index (χ2n) is 5.83. The minimum Gasteiger partial charge on any atom is -0.322 e. The van der Waals surface area contributed by atoms with Crippen LogP contribution in [0.15, 0.2) is 0 Å². The summed E-state index contributed by atoms with van der Waals surface area (Å²) < 4.78 is 0. The summed E-state index contributed by atoms with van der Waals surface area (Å²) in [6.07, 6.45) is 10.5. The van der Waals surface area contributed by atoms with Crippen LogP contribution in [0.25, 0.3) is 0 Å². The highest BCUT2D eigenvalue weighted by Gasteiger charge is 2.44. The lowest BCUT2D eigenvalue weighted by molar-refractivity contribution is -0.132. The van der Waals surface area contributed by atoms with Crippen molar-refractivity contribution in [3.63, 3.8) is 0 Å². The third-order valence-electron chi connectivity index (χ3n) is 4.50. The third-order valence-corrected chi connectivity index (χ3v) is 5.65. The van der Waals surface area contributed by atoms with Gasteiger partial charge in [0, 0.05) is 11.3 Å². The molecule has 1 N–H and O–H groups in total. The van der Waals surface area contributed by atoms with Crippen LogP contribution in [0.3, 0.4) is 0 Å². The molecular weight excluding hydrogens is 256 g/mol. The molecular formula is C15H28N2OS. The number of carbonyl (C=O) groups is 1. The third kappa shape index (κ3) is 3.10. The van der Waals surface area contributed by atoms with E-state index in [1.54, 1.807) is 0 Å². The van der Waals surface area contributed by atoms with Crippen molar-refractivity contribution < 1.29 is 4.79 Å². The van der Waals surface area contributed by atoms with Gasteiger partial charge in [-0.1, -0.05) is 33.1 Å². The van der Waals surface area contributed by atoms with Gasteiger partial charge < -0.3 is 4.90 Å². The maximum Gasteiger partial charge on any atom is 0.241 e. The minimum atomic E-state index is 0.0738. The summed E-state index contributed by atoms with van der Waals surface area (Å²) in [5.41, 5.74) is 0. The fraction of sp³-hybridized carbons (Fsp3) is 0.933. The average molecular weight is 284 g/mol. The molecule has 1 saturated heterocycles. The summed E-state index contributed by atoms with van der Waals surface area (Å²) >= 11 is 1.94. The molecule has 0 aromatic carbocycles. The Kier molecular flexibility index (Phi) is 5.58. The monoisotopic (exact) mass is 284 g/mol. The first-order valence-electron chi connectivity index (χ1n) is 7.83. The van der Waals surface area contributed by atoms with Gasteiger partial charge in [-0.05, 0) is 31.9 Å². The normalized spacial score (nSPS) is 35.3. The zero-order valence-electron chi connectivity index (χ0n) is 12.5. The number of amides is 1. The smallest absolute Gasteiger partial charge is 0.241 e. The molecule has 1 saturated carbocycles. The standard InChI is InChI=1S/C15H28N2OS/c1-4-7-11-15(18)17(14(16-11)8-5-2)12-9-6-10-13(12)19-3/h11-14,16H,4-10H2,1-3H3. The number of hydrogen-bond acceptors (Lipinski definition) is 3. The van der Waals surface area contributed by atoms with Gasteiger partial charge in [0.2, 0.25) is 5.91 Å². The lowest BCUT2D eigenvalue weighted by Gasteiger charge is -2.33. The molecule has 2 fully saturated rings. The van der Waals surface area contributed by atoms with Gasteiger partial charge in [-0.2, -0.15) is 11.8 Å². The van der Waals surface area contributed by atoms with Crippen LogP contribution in [0, 0.1) is 0 Å². The summed E-state index contributed by atoms with van der Waals surface area (Å²) in [7, 11) is 0. The van der Waals surface area contributed by atoms with Crippen molar-refractivity contribution >= 4 is 17.7 Å². The van der Waals surface area contributed by atoms with E-state index in [-0.39, 0.29) is 12.2 Å². The zero-order valence-corrected chi connectivity index (χ0v) is 13.3. The Morgan fingerprint density at radius 3 is 2.63 bits per heavy atom. The molecule has 0 radical (unpaired) electrons. The van der Waals surface area contributed by atoms with Gasteiger partial charge in [-0.25, -0.2) is 0 Å².